The van der Waals surface area contributed by atoms with Gasteiger partial charge in [-0.05, 0) is 35.4 Å². The van der Waals surface area contributed by atoms with E-state index in [2.05, 4.69) is 47.3 Å². The lowest BCUT2D eigenvalue weighted by Crippen LogP contribution is -2.49. The molecular weight excluding hydrogens is 494 g/mol. The molecule has 3 heterocycles. The summed E-state index contributed by atoms with van der Waals surface area (Å²) in [5.41, 5.74) is 2.24. The molecule has 1 aliphatic heterocycles. The molecule has 0 radical (unpaired) electrons. The van der Waals surface area contributed by atoms with Crippen molar-refractivity contribution in [3.05, 3.63) is 78.6 Å². The second kappa shape index (κ2) is 10.8. The Morgan fingerprint density at radius 3 is 2.47 bits per heavy atom. The molecular formula is C30H29N5O2S. The van der Waals surface area contributed by atoms with Crippen molar-refractivity contribution in [2.45, 2.75) is 24.7 Å². The van der Waals surface area contributed by atoms with Crippen LogP contribution in [0.1, 0.15) is 19.2 Å². The highest BCUT2D eigenvalue weighted by Crippen LogP contribution is 2.35. The van der Waals surface area contributed by atoms with Gasteiger partial charge in [0.25, 0.3) is 5.71 Å². The van der Waals surface area contributed by atoms with Gasteiger partial charge < -0.3 is 14.3 Å². The van der Waals surface area contributed by atoms with Crippen LogP contribution >= 0.6 is 11.8 Å². The third-order valence-corrected chi connectivity index (χ3v) is 7.89. The monoisotopic (exact) mass is 523 g/mol. The molecule has 7 nitrogen and oxygen atoms in total. The third kappa shape index (κ3) is 4.96. The predicted molar refractivity (Wildman–Crippen MR) is 152 cm³/mol. The van der Waals surface area contributed by atoms with Gasteiger partial charge in [0.05, 0.1) is 5.75 Å². The van der Waals surface area contributed by atoms with Crippen LogP contribution in [0.15, 0.2) is 82.2 Å². The summed E-state index contributed by atoms with van der Waals surface area (Å²) in [5, 5.41) is 7.61. The quantitative estimate of drug-likeness (QED) is 0.248. The number of rotatable bonds is 7. The lowest BCUT2D eigenvalue weighted by atomic mass is 10.0. The first kappa shape index (κ1) is 24.4. The number of hydrogen-bond donors (Lipinski definition) is 0. The summed E-state index contributed by atoms with van der Waals surface area (Å²) < 4.78 is 5.77. The van der Waals surface area contributed by atoms with E-state index in [1.165, 1.54) is 5.39 Å². The van der Waals surface area contributed by atoms with Crippen molar-refractivity contribution in [2.24, 2.45) is 0 Å². The van der Waals surface area contributed by atoms with Crippen molar-refractivity contribution in [3.8, 4) is 11.3 Å². The number of thioether (sulfide) groups is 1. The van der Waals surface area contributed by atoms with Gasteiger partial charge in [-0.1, -0.05) is 66.7 Å². The molecule has 3 aromatic carbocycles. The van der Waals surface area contributed by atoms with E-state index >= 15 is 0 Å². The minimum absolute atomic E-state index is 0.167. The van der Waals surface area contributed by atoms with Crippen molar-refractivity contribution in [1.29, 1.82) is 0 Å². The van der Waals surface area contributed by atoms with E-state index in [-0.39, 0.29) is 5.91 Å². The molecule has 8 heteroatoms. The summed E-state index contributed by atoms with van der Waals surface area (Å²) in [6, 6.07) is 24.7. The van der Waals surface area contributed by atoms with Crippen LogP contribution in [0.2, 0.25) is 0 Å². The maximum Gasteiger partial charge on any atom is 0.263 e. The fraction of sp³-hybridized carbons (Fsp3) is 0.267. The summed E-state index contributed by atoms with van der Waals surface area (Å²) in [6.45, 7) is 4.81. The van der Waals surface area contributed by atoms with Crippen LogP contribution in [0.3, 0.4) is 0 Å². The number of aryl methyl sites for hydroxylation is 1. The number of hydrogen-bond acceptors (Lipinski definition) is 7. The molecule has 0 atom stereocenters. The fourth-order valence-corrected chi connectivity index (χ4v) is 5.72. The molecule has 0 unspecified atom stereocenters. The Hall–Kier alpha value is -3.91. The maximum absolute atomic E-state index is 12.9. The molecule has 0 aliphatic carbocycles. The Morgan fingerprint density at radius 1 is 0.921 bits per heavy atom. The minimum Gasteiger partial charge on any atom is -0.352 e. The summed E-state index contributed by atoms with van der Waals surface area (Å²) in [7, 11) is 0. The van der Waals surface area contributed by atoms with E-state index in [1.807, 2.05) is 47.4 Å². The van der Waals surface area contributed by atoms with Crippen LogP contribution in [0.25, 0.3) is 33.1 Å². The zero-order valence-corrected chi connectivity index (χ0v) is 22.2. The second-order valence-electron chi connectivity index (χ2n) is 9.46. The van der Waals surface area contributed by atoms with Crippen molar-refractivity contribution in [2.75, 3.05) is 36.8 Å². The number of benzene rings is 3. The van der Waals surface area contributed by atoms with Gasteiger partial charge >= 0.3 is 0 Å². The van der Waals surface area contributed by atoms with Crippen LogP contribution in [0.4, 0.5) is 5.82 Å². The summed E-state index contributed by atoms with van der Waals surface area (Å²) in [4.78, 5) is 27.9. The molecule has 0 bridgehead atoms. The fourth-order valence-electron chi connectivity index (χ4n) is 4.90. The highest BCUT2D eigenvalue weighted by Gasteiger charge is 2.27. The number of aromatic nitrogens is 3. The number of anilines is 1. The van der Waals surface area contributed by atoms with E-state index in [4.69, 9.17) is 14.5 Å². The highest BCUT2D eigenvalue weighted by atomic mass is 32.2. The molecule has 0 spiro atoms. The molecule has 1 saturated heterocycles. The molecule has 1 amide bonds. The van der Waals surface area contributed by atoms with Gasteiger partial charge in [-0.25, -0.2) is 4.98 Å². The number of piperazine rings is 1. The van der Waals surface area contributed by atoms with E-state index in [0.717, 1.165) is 51.4 Å². The lowest BCUT2D eigenvalue weighted by Gasteiger charge is -2.35. The summed E-state index contributed by atoms with van der Waals surface area (Å²) >= 11 is 1.58. The normalized spacial score (nSPS) is 13.9. The molecule has 38 heavy (non-hydrogen) atoms. The first-order valence-corrected chi connectivity index (χ1v) is 14.0. The van der Waals surface area contributed by atoms with Gasteiger partial charge in [0.15, 0.2) is 0 Å². The molecule has 1 aliphatic rings. The van der Waals surface area contributed by atoms with Crippen LogP contribution in [0.5, 0.6) is 0 Å². The Kier molecular flexibility index (Phi) is 6.96. The van der Waals surface area contributed by atoms with Crippen LogP contribution in [-0.4, -0.2) is 57.9 Å². The van der Waals surface area contributed by atoms with E-state index in [1.54, 1.807) is 11.8 Å². The molecule has 2 aromatic heterocycles. The van der Waals surface area contributed by atoms with Crippen LogP contribution in [-0.2, 0) is 11.2 Å². The smallest absolute Gasteiger partial charge is 0.263 e. The van der Waals surface area contributed by atoms with Gasteiger partial charge in [0.2, 0.25) is 5.91 Å². The molecule has 6 rings (SSSR count). The Balaban J connectivity index is 1.26. The average molecular weight is 524 g/mol. The number of carbonyl (C=O) groups is 1. The van der Waals surface area contributed by atoms with Crippen LogP contribution < -0.4 is 4.90 Å². The Labute approximate surface area is 225 Å². The third-order valence-electron chi connectivity index (χ3n) is 6.90. The highest BCUT2D eigenvalue weighted by molar-refractivity contribution is 8.00. The van der Waals surface area contributed by atoms with Crippen molar-refractivity contribution < 1.29 is 9.32 Å². The van der Waals surface area contributed by atoms with Crippen LogP contribution in [0, 0.1) is 0 Å². The van der Waals surface area contributed by atoms with Gasteiger partial charge in [-0.2, -0.15) is 4.98 Å². The first-order valence-electron chi connectivity index (χ1n) is 13.1. The number of nitrogens with zero attached hydrogens (tertiary/aromatic N) is 5. The van der Waals surface area contributed by atoms with E-state index in [9.17, 15) is 4.79 Å². The predicted octanol–water partition coefficient (Wildman–Crippen LogP) is 5.83. The van der Waals surface area contributed by atoms with Crippen molar-refractivity contribution in [1.82, 2.24) is 20.0 Å². The van der Waals surface area contributed by atoms with Crippen molar-refractivity contribution in [3.63, 3.8) is 0 Å². The molecule has 1 fully saturated rings. The molecule has 0 N–H and O–H groups in total. The molecule has 192 valence electrons. The summed E-state index contributed by atoms with van der Waals surface area (Å²) in [5.74, 6) is 2.21. The topological polar surface area (TPSA) is 75.4 Å². The SMILES string of the molecule is CCCc1nc(N2CCN(C(=O)CSc3ccccc3)CC2)c2c(-c3ccc4ccccc4c3)noc2n1. The first-order chi connectivity index (χ1) is 18.7. The molecule has 0 saturated carbocycles. The van der Waals surface area contributed by atoms with E-state index in [0.29, 0.717) is 37.6 Å². The zero-order chi connectivity index (χ0) is 25.9. The van der Waals surface area contributed by atoms with Gasteiger partial charge in [-0.15, -0.1) is 11.8 Å². The van der Waals surface area contributed by atoms with Gasteiger partial charge in [0.1, 0.15) is 22.7 Å². The van der Waals surface area contributed by atoms with Gasteiger partial charge in [0, 0.05) is 43.1 Å². The number of carbonyl (C=O) groups excluding carboxylic acids is 1. The number of fused-ring (bicyclic) bond motifs is 2. The largest absolute Gasteiger partial charge is 0.352 e. The Bertz CT molecular complexity index is 1580. The van der Waals surface area contributed by atoms with Crippen molar-refractivity contribution >= 4 is 45.4 Å². The summed E-state index contributed by atoms with van der Waals surface area (Å²) in [6.07, 6.45) is 1.71. The average Bonchev–Trinajstić information content (AvgIpc) is 3.40. The Morgan fingerprint density at radius 2 is 1.68 bits per heavy atom. The zero-order valence-electron chi connectivity index (χ0n) is 21.3. The standard InChI is InChI=1S/C30H29N5O2S/c1-2-8-25-31-29(35-17-15-34(16-18-35)26(36)20-38-24-11-4-3-5-12-24)27-28(33-37-30(27)32-25)23-14-13-21-9-6-7-10-22(21)19-23/h3-7,9-14,19H,2,8,15-18,20H2,1H3. The second-order valence-corrected chi connectivity index (χ2v) is 10.5. The lowest BCUT2D eigenvalue weighted by molar-refractivity contribution is -0.128. The number of amides is 1. The van der Waals surface area contributed by atoms with E-state index < -0.39 is 0 Å². The molecule has 5 aromatic rings. The van der Waals surface area contributed by atoms with Gasteiger partial charge in [-0.3, -0.25) is 4.79 Å². The maximum atomic E-state index is 12.9. The minimum atomic E-state index is 0.167.